The maximum absolute atomic E-state index is 12.8. The lowest BCUT2D eigenvalue weighted by Crippen LogP contribution is -2.57. The van der Waals surface area contributed by atoms with Crippen LogP contribution in [0, 0.1) is 0 Å². The van der Waals surface area contributed by atoms with Gasteiger partial charge in [-0.1, -0.05) is 13.3 Å². The summed E-state index contributed by atoms with van der Waals surface area (Å²) in [6.45, 7) is 2.39. The summed E-state index contributed by atoms with van der Waals surface area (Å²) >= 11 is 0. The number of rotatable bonds is 5. The van der Waals surface area contributed by atoms with E-state index in [9.17, 15) is 23.1 Å². The summed E-state index contributed by atoms with van der Waals surface area (Å²) in [5, 5.41) is 19.0. The molecule has 0 aliphatic carbocycles. The highest BCUT2D eigenvalue weighted by Crippen LogP contribution is 2.27. The molecule has 1 amide bonds. The SMILES string of the molecule is CCCS(=O)(=O)N1CCCCC1C(=O)N1CCC(O)(C(=O)O)CC1. The number of sulfonamides is 1. The first-order valence-electron chi connectivity index (χ1n) is 8.45. The Morgan fingerprint density at radius 1 is 1.17 bits per heavy atom. The van der Waals surface area contributed by atoms with Gasteiger partial charge in [0.15, 0.2) is 5.60 Å². The van der Waals surface area contributed by atoms with Gasteiger partial charge in [0.05, 0.1) is 5.75 Å². The molecule has 8 nitrogen and oxygen atoms in total. The molecule has 2 N–H and O–H groups in total. The Bertz CT molecular complexity index is 583. The van der Waals surface area contributed by atoms with Crippen LogP contribution >= 0.6 is 0 Å². The van der Waals surface area contributed by atoms with E-state index in [1.54, 1.807) is 6.92 Å². The van der Waals surface area contributed by atoms with E-state index in [1.165, 1.54) is 9.21 Å². The highest BCUT2D eigenvalue weighted by molar-refractivity contribution is 7.89. The summed E-state index contributed by atoms with van der Waals surface area (Å²) in [6, 6.07) is -0.702. The topological polar surface area (TPSA) is 115 Å². The molecule has 2 aliphatic rings. The first-order chi connectivity index (χ1) is 11.2. The number of amides is 1. The second-order valence-corrected chi connectivity index (χ2v) is 8.64. The van der Waals surface area contributed by atoms with Crippen molar-refractivity contribution in [3.8, 4) is 0 Å². The zero-order valence-electron chi connectivity index (χ0n) is 14.0. The van der Waals surface area contributed by atoms with E-state index in [0.29, 0.717) is 19.4 Å². The number of nitrogens with zero attached hydrogens (tertiary/aromatic N) is 2. The second-order valence-electron chi connectivity index (χ2n) is 6.60. The van der Waals surface area contributed by atoms with Crippen LogP contribution in [0.2, 0.25) is 0 Å². The van der Waals surface area contributed by atoms with Gasteiger partial charge in [0.1, 0.15) is 6.04 Å². The predicted molar refractivity (Wildman–Crippen MR) is 86.8 cm³/mol. The zero-order valence-corrected chi connectivity index (χ0v) is 14.8. The van der Waals surface area contributed by atoms with E-state index in [4.69, 9.17) is 5.11 Å². The van der Waals surface area contributed by atoms with Crippen molar-refractivity contribution in [3.63, 3.8) is 0 Å². The van der Waals surface area contributed by atoms with Crippen LogP contribution in [0.25, 0.3) is 0 Å². The van der Waals surface area contributed by atoms with Crippen LogP contribution in [0.1, 0.15) is 45.4 Å². The predicted octanol–water partition coefficient (Wildman–Crippen LogP) is 0.0188. The van der Waals surface area contributed by atoms with Gasteiger partial charge in [-0.15, -0.1) is 0 Å². The lowest BCUT2D eigenvalue weighted by atomic mass is 9.91. The molecule has 0 radical (unpaired) electrons. The maximum atomic E-state index is 12.8. The number of aliphatic hydroxyl groups is 1. The van der Waals surface area contributed by atoms with Crippen molar-refractivity contribution in [3.05, 3.63) is 0 Å². The summed E-state index contributed by atoms with van der Waals surface area (Å²) in [6.07, 6.45) is 2.44. The maximum Gasteiger partial charge on any atom is 0.335 e. The van der Waals surface area contributed by atoms with E-state index >= 15 is 0 Å². The zero-order chi connectivity index (χ0) is 18.0. The Labute approximate surface area is 142 Å². The molecule has 2 rings (SSSR count). The van der Waals surface area contributed by atoms with Gasteiger partial charge in [-0.05, 0) is 19.3 Å². The molecule has 0 aromatic carbocycles. The molecular weight excluding hydrogens is 336 g/mol. The minimum absolute atomic E-state index is 0.0234. The van der Waals surface area contributed by atoms with Crippen molar-refractivity contribution in [2.45, 2.75) is 57.1 Å². The van der Waals surface area contributed by atoms with Crippen molar-refractivity contribution in [1.82, 2.24) is 9.21 Å². The summed E-state index contributed by atoms with van der Waals surface area (Å²) in [5.74, 6) is -1.53. The van der Waals surface area contributed by atoms with E-state index in [2.05, 4.69) is 0 Å². The lowest BCUT2D eigenvalue weighted by Gasteiger charge is -2.40. The fraction of sp³-hybridized carbons (Fsp3) is 0.867. The van der Waals surface area contributed by atoms with Gasteiger partial charge in [0.2, 0.25) is 15.9 Å². The number of hydrogen-bond acceptors (Lipinski definition) is 5. The normalized spacial score (nSPS) is 25.4. The van der Waals surface area contributed by atoms with Gasteiger partial charge in [-0.3, -0.25) is 4.79 Å². The Morgan fingerprint density at radius 3 is 2.33 bits per heavy atom. The molecule has 1 atom stereocenters. The molecule has 2 heterocycles. The molecule has 138 valence electrons. The first-order valence-corrected chi connectivity index (χ1v) is 10.1. The molecule has 9 heteroatoms. The van der Waals surface area contributed by atoms with Crippen molar-refractivity contribution < 1.29 is 28.2 Å². The molecule has 0 bridgehead atoms. The van der Waals surface area contributed by atoms with Gasteiger partial charge < -0.3 is 15.1 Å². The Kier molecular flexibility index (Phi) is 5.87. The molecule has 2 aliphatic heterocycles. The average Bonchev–Trinajstić information content (AvgIpc) is 2.55. The second kappa shape index (κ2) is 7.37. The first kappa shape index (κ1) is 19.1. The van der Waals surface area contributed by atoms with Crippen molar-refractivity contribution >= 4 is 21.9 Å². The number of carboxylic acids is 1. The van der Waals surface area contributed by atoms with Crippen LogP contribution in [-0.4, -0.2) is 76.7 Å². The minimum atomic E-state index is -3.46. The molecule has 0 spiro atoms. The fourth-order valence-electron chi connectivity index (χ4n) is 3.38. The molecule has 1 unspecified atom stereocenters. The highest BCUT2D eigenvalue weighted by Gasteiger charge is 2.43. The van der Waals surface area contributed by atoms with Gasteiger partial charge in [0.25, 0.3) is 0 Å². The molecule has 0 aromatic heterocycles. The van der Waals surface area contributed by atoms with E-state index in [1.807, 2.05) is 0 Å². The minimum Gasteiger partial charge on any atom is -0.479 e. The van der Waals surface area contributed by atoms with Crippen molar-refractivity contribution in [1.29, 1.82) is 0 Å². The van der Waals surface area contributed by atoms with Crippen LogP contribution in [0.3, 0.4) is 0 Å². The highest BCUT2D eigenvalue weighted by atomic mass is 32.2. The van der Waals surface area contributed by atoms with Gasteiger partial charge >= 0.3 is 5.97 Å². The molecule has 0 aromatic rings. The van der Waals surface area contributed by atoms with E-state index < -0.39 is 27.6 Å². The third-order valence-electron chi connectivity index (χ3n) is 4.86. The number of aliphatic carboxylic acids is 1. The molecule has 2 fully saturated rings. The number of likely N-dealkylation sites (tertiary alicyclic amines) is 1. The van der Waals surface area contributed by atoms with Crippen LogP contribution in [0.4, 0.5) is 0 Å². The van der Waals surface area contributed by atoms with Gasteiger partial charge in [0, 0.05) is 32.5 Å². The molecule has 2 saturated heterocycles. The summed E-state index contributed by atoms with van der Waals surface area (Å²) in [5.41, 5.74) is -1.79. The average molecular weight is 362 g/mol. The standard InChI is InChI=1S/C15H26N2O6S/c1-2-11-24(22,23)17-8-4-3-5-12(17)13(18)16-9-6-15(21,7-10-16)14(19)20/h12,21H,2-11H2,1H3,(H,19,20). The fourth-order valence-corrected chi connectivity index (χ4v) is 5.12. The number of carbonyl (C=O) groups is 2. The van der Waals surface area contributed by atoms with Crippen LogP contribution in [0.5, 0.6) is 0 Å². The molecular formula is C15H26N2O6S. The van der Waals surface area contributed by atoms with Crippen LogP contribution < -0.4 is 0 Å². The summed E-state index contributed by atoms with van der Waals surface area (Å²) in [4.78, 5) is 25.3. The number of hydrogen-bond donors (Lipinski definition) is 2. The third kappa shape index (κ3) is 3.89. The monoisotopic (exact) mass is 362 g/mol. The number of piperidine rings is 2. The van der Waals surface area contributed by atoms with Crippen LogP contribution in [0.15, 0.2) is 0 Å². The van der Waals surface area contributed by atoms with Crippen LogP contribution in [-0.2, 0) is 19.6 Å². The smallest absolute Gasteiger partial charge is 0.335 e. The Balaban J connectivity index is 2.09. The summed E-state index contributed by atoms with van der Waals surface area (Å²) < 4.78 is 26.1. The summed E-state index contributed by atoms with van der Waals surface area (Å²) in [7, 11) is -3.46. The van der Waals surface area contributed by atoms with Gasteiger partial charge in [-0.2, -0.15) is 4.31 Å². The lowest BCUT2D eigenvalue weighted by molar-refractivity contribution is -0.166. The largest absolute Gasteiger partial charge is 0.479 e. The molecule has 0 saturated carbocycles. The third-order valence-corrected chi connectivity index (χ3v) is 6.93. The molecule has 24 heavy (non-hydrogen) atoms. The van der Waals surface area contributed by atoms with E-state index in [0.717, 1.165) is 12.8 Å². The Morgan fingerprint density at radius 2 is 1.79 bits per heavy atom. The number of carboxylic acid groups (broad SMARTS) is 1. The number of carbonyl (C=O) groups excluding carboxylic acids is 1. The Hall–Kier alpha value is -1.19. The van der Waals surface area contributed by atoms with E-state index in [-0.39, 0.29) is 37.6 Å². The quantitative estimate of drug-likeness (QED) is 0.712. The van der Waals surface area contributed by atoms with Crippen molar-refractivity contribution in [2.75, 3.05) is 25.4 Å². The van der Waals surface area contributed by atoms with Crippen molar-refractivity contribution in [2.24, 2.45) is 0 Å². The van der Waals surface area contributed by atoms with Gasteiger partial charge in [-0.25, -0.2) is 13.2 Å².